The first kappa shape index (κ1) is 24.1. The van der Waals surface area contributed by atoms with Crippen LogP contribution in [0, 0.1) is 5.92 Å². The number of amides is 3. The van der Waals surface area contributed by atoms with E-state index in [9.17, 15) is 24.3 Å². The zero-order valence-electron chi connectivity index (χ0n) is 17.1. The molecular weight excluding hydrogens is 376 g/mol. The summed E-state index contributed by atoms with van der Waals surface area (Å²) < 4.78 is 0. The van der Waals surface area contributed by atoms with Crippen LogP contribution in [-0.2, 0) is 25.6 Å². The third-order valence-electron chi connectivity index (χ3n) is 4.31. The highest BCUT2D eigenvalue weighted by atomic mass is 16.4. The standard InChI is InChI=1S/C20H30N4O5/c1-11(2)16(24-17(25)12(3)21)19(27)22-13(4)18(26)23-15(20(28)29)10-14-8-6-5-7-9-14/h5-9,11-13,15-16H,10,21H2,1-4H3,(H,22,27)(H,23,26)(H,24,25)(H,28,29)/t12-,13-,15-,16-/m0/s1. The van der Waals surface area contributed by atoms with E-state index in [0.717, 1.165) is 5.56 Å². The normalized spacial score (nSPS) is 15.0. The van der Waals surface area contributed by atoms with Gasteiger partial charge in [0.15, 0.2) is 0 Å². The number of benzene rings is 1. The van der Waals surface area contributed by atoms with Crippen LogP contribution in [0.4, 0.5) is 0 Å². The SMILES string of the molecule is CC(C)[C@H](NC(=O)[C@H](C)N)C(=O)N[C@@H](C)C(=O)N[C@@H](Cc1ccccc1)C(=O)O. The molecule has 1 rings (SSSR count). The highest BCUT2D eigenvalue weighted by Gasteiger charge is 2.29. The van der Waals surface area contributed by atoms with Crippen LogP contribution in [0.5, 0.6) is 0 Å². The van der Waals surface area contributed by atoms with E-state index in [2.05, 4.69) is 16.0 Å². The summed E-state index contributed by atoms with van der Waals surface area (Å²) in [6.45, 7) is 6.44. The molecule has 160 valence electrons. The van der Waals surface area contributed by atoms with Crippen molar-refractivity contribution in [2.45, 2.75) is 58.3 Å². The lowest BCUT2D eigenvalue weighted by molar-refractivity contribution is -0.142. The van der Waals surface area contributed by atoms with Crippen LogP contribution in [0.15, 0.2) is 30.3 Å². The maximum absolute atomic E-state index is 12.5. The molecule has 0 heterocycles. The van der Waals surface area contributed by atoms with Gasteiger partial charge < -0.3 is 26.8 Å². The maximum atomic E-state index is 12.5. The minimum atomic E-state index is -1.18. The van der Waals surface area contributed by atoms with Gasteiger partial charge in [0.25, 0.3) is 0 Å². The minimum Gasteiger partial charge on any atom is -0.480 e. The van der Waals surface area contributed by atoms with E-state index in [1.807, 2.05) is 6.07 Å². The minimum absolute atomic E-state index is 0.113. The summed E-state index contributed by atoms with van der Waals surface area (Å²) in [4.78, 5) is 48.2. The molecule has 6 N–H and O–H groups in total. The second-order valence-corrected chi connectivity index (χ2v) is 7.34. The summed E-state index contributed by atoms with van der Waals surface area (Å²) in [7, 11) is 0. The Labute approximate surface area is 170 Å². The molecule has 9 nitrogen and oxygen atoms in total. The molecule has 1 aromatic carbocycles. The summed E-state index contributed by atoms with van der Waals surface area (Å²) in [6, 6.07) is 5.12. The van der Waals surface area contributed by atoms with E-state index >= 15 is 0 Å². The second-order valence-electron chi connectivity index (χ2n) is 7.34. The van der Waals surface area contributed by atoms with Crippen molar-refractivity contribution in [1.82, 2.24) is 16.0 Å². The fourth-order valence-corrected chi connectivity index (χ4v) is 2.53. The van der Waals surface area contributed by atoms with Gasteiger partial charge in [0.05, 0.1) is 6.04 Å². The molecule has 1 aromatic rings. The number of hydrogen-bond acceptors (Lipinski definition) is 5. The third kappa shape index (κ3) is 7.90. The lowest BCUT2D eigenvalue weighted by Crippen LogP contribution is -2.57. The van der Waals surface area contributed by atoms with E-state index < -0.39 is 47.9 Å². The molecule has 0 aliphatic heterocycles. The lowest BCUT2D eigenvalue weighted by Gasteiger charge is -2.25. The molecule has 0 spiro atoms. The van der Waals surface area contributed by atoms with Crippen molar-refractivity contribution in [2.75, 3.05) is 0 Å². The molecule has 0 aliphatic carbocycles. The van der Waals surface area contributed by atoms with Gasteiger partial charge in [-0.1, -0.05) is 44.2 Å². The number of carboxylic acids is 1. The Bertz CT molecular complexity index is 721. The predicted molar refractivity (Wildman–Crippen MR) is 108 cm³/mol. The van der Waals surface area contributed by atoms with Crippen LogP contribution in [0.25, 0.3) is 0 Å². The molecule has 0 unspecified atom stereocenters. The van der Waals surface area contributed by atoms with Crippen LogP contribution in [0.1, 0.15) is 33.3 Å². The van der Waals surface area contributed by atoms with Crippen LogP contribution < -0.4 is 21.7 Å². The van der Waals surface area contributed by atoms with Crippen LogP contribution in [-0.4, -0.2) is 53.0 Å². The molecule has 0 saturated carbocycles. The number of carbonyl (C=O) groups excluding carboxylic acids is 3. The summed E-state index contributed by atoms with van der Waals surface area (Å²) in [6.07, 6.45) is 0.113. The quantitative estimate of drug-likeness (QED) is 0.363. The van der Waals surface area contributed by atoms with E-state index in [4.69, 9.17) is 5.73 Å². The third-order valence-corrected chi connectivity index (χ3v) is 4.31. The van der Waals surface area contributed by atoms with E-state index in [1.165, 1.54) is 13.8 Å². The Hall–Kier alpha value is -2.94. The Kier molecular flexibility index (Phi) is 9.27. The van der Waals surface area contributed by atoms with Gasteiger partial charge in [0, 0.05) is 6.42 Å². The molecule has 0 aliphatic rings. The Morgan fingerprint density at radius 3 is 1.97 bits per heavy atom. The van der Waals surface area contributed by atoms with E-state index in [0.29, 0.717) is 0 Å². The number of rotatable bonds is 10. The largest absolute Gasteiger partial charge is 0.480 e. The van der Waals surface area contributed by atoms with Crippen molar-refractivity contribution in [3.05, 3.63) is 35.9 Å². The first-order chi connectivity index (χ1) is 13.5. The zero-order valence-corrected chi connectivity index (χ0v) is 17.1. The van der Waals surface area contributed by atoms with Crippen molar-refractivity contribution in [2.24, 2.45) is 11.7 Å². The molecule has 0 radical (unpaired) electrons. The molecule has 4 atom stereocenters. The fourth-order valence-electron chi connectivity index (χ4n) is 2.53. The number of aliphatic carboxylic acids is 1. The summed E-state index contributed by atoms with van der Waals surface area (Å²) in [5.74, 6) is -3.08. The number of nitrogens with one attached hydrogen (secondary N) is 3. The number of nitrogens with two attached hydrogens (primary N) is 1. The van der Waals surface area contributed by atoms with Gasteiger partial charge in [-0.15, -0.1) is 0 Å². The molecule has 0 bridgehead atoms. The highest BCUT2D eigenvalue weighted by Crippen LogP contribution is 2.05. The van der Waals surface area contributed by atoms with Crippen molar-refractivity contribution in [1.29, 1.82) is 0 Å². The monoisotopic (exact) mass is 406 g/mol. The Morgan fingerprint density at radius 2 is 1.48 bits per heavy atom. The average molecular weight is 406 g/mol. The van der Waals surface area contributed by atoms with E-state index in [1.54, 1.807) is 38.1 Å². The predicted octanol–water partition coefficient (Wildman–Crippen LogP) is -0.209. The van der Waals surface area contributed by atoms with Crippen LogP contribution >= 0.6 is 0 Å². The van der Waals surface area contributed by atoms with Crippen molar-refractivity contribution in [3.8, 4) is 0 Å². The van der Waals surface area contributed by atoms with Crippen molar-refractivity contribution >= 4 is 23.7 Å². The van der Waals surface area contributed by atoms with Crippen LogP contribution in [0.2, 0.25) is 0 Å². The fraction of sp³-hybridized carbons (Fsp3) is 0.500. The van der Waals surface area contributed by atoms with Gasteiger partial charge in [-0.05, 0) is 25.3 Å². The van der Waals surface area contributed by atoms with E-state index in [-0.39, 0.29) is 12.3 Å². The lowest BCUT2D eigenvalue weighted by atomic mass is 10.0. The number of carboxylic acid groups (broad SMARTS) is 1. The average Bonchev–Trinajstić information content (AvgIpc) is 2.65. The topological polar surface area (TPSA) is 151 Å². The van der Waals surface area contributed by atoms with Gasteiger partial charge in [-0.25, -0.2) is 4.79 Å². The molecule has 3 amide bonds. The zero-order chi connectivity index (χ0) is 22.1. The summed E-state index contributed by atoms with van der Waals surface area (Å²) in [5, 5.41) is 16.9. The van der Waals surface area contributed by atoms with Gasteiger partial charge in [0.2, 0.25) is 17.7 Å². The molecule has 0 saturated heterocycles. The Balaban J connectivity index is 2.73. The van der Waals surface area contributed by atoms with Crippen LogP contribution in [0.3, 0.4) is 0 Å². The second kappa shape index (κ2) is 11.2. The first-order valence-electron chi connectivity index (χ1n) is 9.46. The Morgan fingerprint density at radius 1 is 0.897 bits per heavy atom. The summed E-state index contributed by atoms with van der Waals surface area (Å²) in [5.41, 5.74) is 6.28. The van der Waals surface area contributed by atoms with Gasteiger partial charge in [-0.2, -0.15) is 0 Å². The smallest absolute Gasteiger partial charge is 0.326 e. The van der Waals surface area contributed by atoms with Crippen molar-refractivity contribution < 1.29 is 24.3 Å². The maximum Gasteiger partial charge on any atom is 0.326 e. The van der Waals surface area contributed by atoms with Gasteiger partial charge in [-0.3, -0.25) is 14.4 Å². The van der Waals surface area contributed by atoms with Gasteiger partial charge in [0.1, 0.15) is 18.1 Å². The summed E-state index contributed by atoms with van der Waals surface area (Å²) >= 11 is 0. The van der Waals surface area contributed by atoms with Crippen molar-refractivity contribution in [3.63, 3.8) is 0 Å². The molecule has 0 fully saturated rings. The number of hydrogen-bond donors (Lipinski definition) is 5. The molecule has 9 heteroatoms. The molecule has 0 aromatic heterocycles. The first-order valence-corrected chi connectivity index (χ1v) is 9.46. The molecule has 29 heavy (non-hydrogen) atoms. The molecular formula is C20H30N4O5. The van der Waals surface area contributed by atoms with Gasteiger partial charge >= 0.3 is 5.97 Å². The highest BCUT2D eigenvalue weighted by molar-refractivity contribution is 5.94. The number of carbonyl (C=O) groups is 4.